The third-order valence-corrected chi connectivity index (χ3v) is 0.999. The first-order valence-corrected chi connectivity index (χ1v) is 2.82. The third-order valence-electron chi connectivity index (χ3n) is 0.999. The van der Waals surface area contributed by atoms with Crippen molar-refractivity contribution in [2.75, 3.05) is 0 Å². The van der Waals surface area contributed by atoms with Gasteiger partial charge in [-0.05, 0) is 6.07 Å². The van der Waals surface area contributed by atoms with Gasteiger partial charge < -0.3 is 5.73 Å². The van der Waals surface area contributed by atoms with E-state index in [2.05, 4.69) is 9.97 Å². The maximum atomic E-state index is 10.3. The van der Waals surface area contributed by atoms with Crippen LogP contribution in [-0.2, 0) is 11.2 Å². The van der Waals surface area contributed by atoms with Crippen LogP contribution in [0.1, 0.15) is 5.69 Å². The minimum Gasteiger partial charge on any atom is -0.369 e. The molecule has 0 fully saturated rings. The van der Waals surface area contributed by atoms with Crippen molar-refractivity contribution in [3.05, 3.63) is 24.3 Å². The maximum absolute atomic E-state index is 10.3. The van der Waals surface area contributed by atoms with E-state index in [0.717, 1.165) is 0 Å². The predicted octanol–water partition coefficient (Wildman–Crippen LogP) is -0.496. The van der Waals surface area contributed by atoms with Crippen molar-refractivity contribution in [3.8, 4) is 0 Å². The van der Waals surface area contributed by atoms with Gasteiger partial charge >= 0.3 is 0 Å². The van der Waals surface area contributed by atoms with Crippen LogP contribution in [0.2, 0.25) is 0 Å². The van der Waals surface area contributed by atoms with Gasteiger partial charge in [0.25, 0.3) is 0 Å². The molecular weight excluding hydrogens is 130 g/mol. The second-order valence-corrected chi connectivity index (χ2v) is 1.84. The van der Waals surface area contributed by atoms with Crippen molar-refractivity contribution in [3.63, 3.8) is 0 Å². The molecule has 0 radical (unpaired) electrons. The highest BCUT2D eigenvalue weighted by molar-refractivity contribution is 5.75. The van der Waals surface area contributed by atoms with E-state index in [-0.39, 0.29) is 12.3 Å². The average Bonchev–Trinajstić information content (AvgIpc) is 1.88. The van der Waals surface area contributed by atoms with Crippen LogP contribution in [0, 0.1) is 0 Å². The Hall–Kier alpha value is -1.45. The van der Waals surface area contributed by atoms with Crippen molar-refractivity contribution in [2.45, 2.75) is 6.42 Å². The molecule has 0 saturated heterocycles. The summed E-state index contributed by atoms with van der Waals surface area (Å²) in [5, 5.41) is 0. The van der Waals surface area contributed by atoms with Crippen LogP contribution < -0.4 is 5.73 Å². The van der Waals surface area contributed by atoms with Gasteiger partial charge in [-0.15, -0.1) is 0 Å². The number of nitrogens with two attached hydrogens (primary N) is 1. The van der Waals surface area contributed by atoms with E-state index in [1.807, 2.05) is 0 Å². The van der Waals surface area contributed by atoms with Crippen LogP contribution in [0.5, 0.6) is 0 Å². The number of carbonyl (C=O) groups is 1. The second-order valence-electron chi connectivity index (χ2n) is 1.84. The lowest BCUT2D eigenvalue weighted by Crippen LogP contribution is -2.14. The number of aromatic nitrogens is 2. The van der Waals surface area contributed by atoms with Gasteiger partial charge in [0, 0.05) is 6.20 Å². The number of primary amides is 1. The molecule has 1 amide bonds. The first-order valence-electron chi connectivity index (χ1n) is 2.82. The Morgan fingerprint density at radius 2 is 2.50 bits per heavy atom. The zero-order chi connectivity index (χ0) is 7.40. The smallest absolute Gasteiger partial charge is 0.223 e. The highest BCUT2D eigenvalue weighted by atomic mass is 16.1. The Bertz CT molecular complexity index is 222. The summed E-state index contributed by atoms with van der Waals surface area (Å²) in [6, 6.07) is 1.66. The van der Waals surface area contributed by atoms with Gasteiger partial charge in [-0.3, -0.25) is 4.79 Å². The largest absolute Gasteiger partial charge is 0.369 e. The van der Waals surface area contributed by atoms with Crippen molar-refractivity contribution < 1.29 is 4.79 Å². The second kappa shape index (κ2) is 2.91. The number of rotatable bonds is 2. The van der Waals surface area contributed by atoms with Crippen LogP contribution in [0.25, 0.3) is 0 Å². The molecule has 0 atom stereocenters. The van der Waals surface area contributed by atoms with Crippen molar-refractivity contribution in [1.82, 2.24) is 9.97 Å². The van der Waals surface area contributed by atoms with Crippen molar-refractivity contribution in [2.24, 2.45) is 5.73 Å². The number of carbonyl (C=O) groups excluding carboxylic acids is 1. The fourth-order valence-electron chi connectivity index (χ4n) is 0.601. The topological polar surface area (TPSA) is 68.9 Å². The Labute approximate surface area is 58.1 Å². The van der Waals surface area contributed by atoms with Crippen molar-refractivity contribution >= 4 is 5.91 Å². The molecule has 2 N–H and O–H groups in total. The number of hydrogen-bond acceptors (Lipinski definition) is 3. The normalized spacial score (nSPS) is 9.20. The molecule has 0 spiro atoms. The number of nitrogens with zero attached hydrogens (tertiary/aromatic N) is 2. The third kappa shape index (κ3) is 1.81. The summed E-state index contributed by atoms with van der Waals surface area (Å²) in [6.45, 7) is 0. The SMILES string of the molecule is NC(=O)Cc1ccncn1. The summed E-state index contributed by atoms with van der Waals surface area (Å²) in [5.74, 6) is -0.376. The van der Waals surface area contributed by atoms with Crippen LogP contribution in [-0.4, -0.2) is 15.9 Å². The molecule has 0 aliphatic rings. The van der Waals surface area contributed by atoms with Crippen LogP contribution >= 0.6 is 0 Å². The van der Waals surface area contributed by atoms with Crippen LogP contribution in [0.3, 0.4) is 0 Å². The summed E-state index contributed by atoms with van der Waals surface area (Å²) in [5.41, 5.74) is 5.58. The number of amides is 1. The maximum Gasteiger partial charge on any atom is 0.223 e. The molecule has 1 rings (SSSR count). The molecule has 0 aliphatic heterocycles. The van der Waals surface area contributed by atoms with E-state index in [1.54, 1.807) is 12.3 Å². The fraction of sp³-hybridized carbons (Fsp3) is 0.167. The van der Waals surface area contributed by atoms with Gasteiger partial charge in [0.1, 0.15) is 6.33 Å². The molecule has 0 aliphatic carbocycles. The lowest BCUT2D eigenvalue weighted by molar-refractivity contribution is -0.117. The first-order chi connectivity index (χ1) is 4.79. The molecule has 1 heterocycles. The van der Waals surface area contributed by atoms with Gasteiger partial charge in [0.15, 0.2) is 0 Å². The highest BCUT2D eigenvalue weighted by Gasteiger charge is 1.96. The first kappa shape index (κ1) is 6.67. The van der Waals surface area contributed by atoms with Crippen LogP contribution in [0.4, 0.5) is 0 Å². The molecule has 52 valence electrons. The summed E-state index contributed by atoms with van der Waals surface area (Å²) in [7, 11) is 0. The molecule has 1 aromatic heterocycles. The Kier molecular flexibility index (Phi) is 1.94. The average molecular weight is 137 g/mol. The minimum absolute atomic E-state index is 0.183. The van der Waals surface area contributed by atoms with E-state index in [1.165, 1.54) is 6.33 Å². The molecule has 10 heavy (non-hydrogen) atoms. The fourth-order valence-corrected chi connectivity index (χ4v) is 0.601. The Morgan fingerprint density at radius 1 is 1.70 bits per heavy atom. The van der Waals surface area contributed by atoms with Crippen molar-refractivity contribution in [1.29, 1.82) is 0 Å². The summed E-state index contributed by atoms with van der Waals surface area (Å²) < 4.78 is 0. The molecule has 1 aromatic rings. The molecule has 0 saturated carbocycles. The van der Waals surface area contributed by atoms with Gasteiger partial charge in [-0.25, -0.2) is 9.97 Å². The zero-order valence-corrected chi connectivity index (χ0v) is 5.32. The Balaban J connectivity index is 2.67. The zero-order valence-electron chi connectivity index (χ0n) is 5.32. The van der Waals surface area contributed by atoms with E-state index in [0.29, 0.717) is 5.69 Å². The lowest BCUT2D eigenvalue weighted by Gasteiger charge is -1.91. The monoisotopic (exact) mass is 137 g/mol. The molecule has 0 unspecified atom stereocenters. The molecule has 4 nitrogen and oxygen atoms in total. The highest BCUT2D eigenvalue weighted by Crippen LogP contribution is 1.90. The molecular formula is C6H7N3O. The van der Waals surface area contributed by atoms with Gasteiger partial charge in [0.05, 0.1) is 12.1 Å². The molecule has 4 heteroatoms. The summed E-state index contributed by atoms with van der Waals surface area (Å²) in [4.78, 5) is 17.8. The van der Waals surface area contributed by atoms with Gasteiger partial charge in [-0.1, -0.05) is 0 Å². The minimum atomic E-state index is -0.376. The van der Waals surface area contributed by atoms with Crippen LogP contribution in [0.15, 0.2) is 18.6 Å². The summed E-state index contributed by atoms with van der Waals surface area (Å²) in [6.07, 6.45) is 3.14. The predicted molar refractivity (Wildman–Crippen MR) is 34.9 cm³/mol. The lowest BCUT2D eigenvalue weighted by atomic mass is 10.3. The van der Waals surface area contributed by atoms with E-state index in [4.69, 9.17) is 5.73 Å². The quantitative estimate of drug-likeness (QED) is 0.597. The Morgan fingerprint density at radius 3 is 3.00 bits per heavy atom. The molecule has 0 aromatic carbocycles. The van der Waals surface area contributed by atoms with E-state index < -0.39 is 0 Å². The standard InChI is InChI=1S/C6H7N3O/c7-6(10)3-5-1-2-8-4-9-5/h1-2,4H,3H2,(H2,7,10). The summed E-state index contributed by atoms with van der Waals surface area (Å²) >= 11 is 0. The van der Waals surface area contributed by atoms with E-state index in [9.17, 15) is 4.79 Å². The van der Waals surface area contributed by atoms with Gasteiger partial charge in [0.2, 0.25) is 5.91 Å². The van der Waals surface area contributed by atoms with Gasteiger partial charge in [-0.2, -0.15) is 0 Å². The number of hydrogen-bond donors (Lipinski definition) is 1. The molecule has 0 bridgehead atoms. The van der Waals surface area contributed by atoms with E-state index >= 15 is 0 Å².